The summed E-state index contributed by atoms with van der Waals surface area (Å²) in [7, 11) is 0. The number of nitrogens with one attached hydrogen (secondary N) is 1. The van der Waals surface area contributed by atoms with Crippen LogP contribution < -0.4 is 5.32 Å². The van der Waals surface area contributed by atoms with E-state index in [1.807, 2.05) is 18.5 Å². The van der Waals surface area contributed by atoms with Gasteiger partial charge >= 0.3 is 5.97 Å². The van der Waals surface area contributed by atoms with E-state index < -0.39 is 5.97 Å². The Hall–Kier alpha value is -1.78. The van der Waals surface area contributed by atoms with Gasteiger partial charge < -0.3 is 15.0 Å². The zero-order valence-corrected chi connectivity index (χ0v) is 10.6. The van der Waals surface area contributed by atoms with Crippen LogP contribution in [0.4, 0.5) is 0 Å². The van der Waals surface area contributed by atoms with Crippen molar-refractivity contribution in [1.82, 2.24) is 9.88 Å². The molecule has 5 heteroatoms. The lowest BCUT2D eigenvalue weighted by Crippen LogP contribution is -2.30. The third-order valence-corrected chi connectivity index (χ3v) is 2.79. The van der Waals surface area contributed by atoms with E-state index in [-0.39, 0.29) is 12.5 Å². The molecule has 1 atom stereocenters. The van der Waals surface area contributed by atoms with Gasteiger partial charge in [0.1, 0.15) is 0 Å². The number of aromatic nitrogens is 1. The first-order chi connectivity index (χ1) is 8.65. The van der Waals surface area contributed by atoms with Gasteiger partial charge in [-0.15, -0.1) is 0 Å². The smallest absolute Gasteiger partial charge is 0.303 e. The monoisotopic (exact) mass is 252 g/mol. The van der Waals surface area contributed by atoms with Crippen LogP contribution in [0, 0.1) is 0 Å². The Labute approximate surface area is 107 Å². The third-order valence-electron chi connectivity index (χ3n) is 2.79. The number of carbonyl (C=O) groups excluding carboxylic acids is 1. The first-order valence-corrected chi connectivity index (χ1v) is 6.21. The SMILES string of the molecule is CCCn1ccc(CC(CCC(=O)O)NC=O)c1. The number of nitrogens with zero attached hydrogens (tertiary/aromatic N) is 1. The number of carboxylic acids is 1. The summed E-state index contributed by atoms with van der Waals surface area (Å²) in [6.07, 6.45) is 6.95. The molecule has 1 amide bonds. The fourth-order valence-corrected chi connectivity index (χ4v) is 1.93. The van der Waals surface area contributed by atoms with Crippen LogP contribution >= 0.6 is 0 Å². The Balaban J connectivity index is 2.52. The molecule has 1 aromatic rings. The van der Waals surface area contributed by atoms with Gasteiger partial charge in [-0.25, -0.2) is 0 Å². The Kier molecular flexibility index (Phi) is 5.97. The number of carboxylic acid groups (broad SMARTS) is 1. The van der Waals surface area contributed by atoms with Gasteiger partial charge in [0.15, 0.2) is 0 Å². The topological polar surface area (TPSA) is 71.3 Å². The standard InChI is InChI=1S/C13H20N2O3/c1-2-6-15-7-5-11(9-15)8-12(14-10-16)3-4-13(17)18/h5,7,9-10,12H,2-4,6,8H2,1H3,(H,14,16)(H,17,18). The first kappa shape index (κ1) is 14.3. The van der Waals surface area contributed by atoms with Gasteiger partial charge in [-0.3, -0.25) is 9.59 Å². The van der Waals surface area contributed by atoms with Crippen LogP contribution in [0.15, 0.2) is 18.5 Å². The molecule has 1 heterocycles. The second-order valence-electron chi connectivity index (χ2n) is 4.38. The maximum Gasteiger partial charge on any atom is 0.303 e. The fraction of sp³-hybridized carbons (Fsp3) is 0.538. The zero-order valence-electron chi connectivity index (χ0n) is 10.6. The molecule has 18 heavy (non-hydrogen) atoms. The zero-order chi connectivity index (χ0) is 13.4. The average molecular weight is 252 g/mol. The average Bonchev–Trinajstić information content (AvgIpc) is 2.74. The first-order valence-electron chi connectivity index (χ1n) is 6.21. The van der Waals surface area contributed by atoms with Crippen molar-refractivity contribution in [3.05, 3.63) is 24.0 Å². The highest BCUT2D eigenvalue weighted by Gasteiger charge is 2.11. The molecule has 1 unspecified atom stereocenters. The molecule has 0 saturated heterocycles. The van der Waals surface area contributed by atoms with Crippen molar-refractivity contribution in [2.24, 2.45) is 0 Å². The number of aliphatic carboxylic acids is 1. The molecule has 0 spiro atoms. The van der Waals surface area contributed by atoms with Gasteiger partial charge in [0.2, 0.25) is 6.41 Å². The summed E-state index contributed by atoms with van der Waals surface area (Å²) < 4.78 is 2.10. The number of hydrogen-bond acceptors (Lipinski definition) is 2. The van der Waals surface area contributed by atoms with E-state index in [1.54, 1.807) is 0 Å². The Bertz CT molecular complexity index is 387. The van der Waals surface area contributed by atoms with Crippen LogP contribution in [-0.2, 0) is 22.6 Å². The molecule has 0 saturated carbocycles. The quantitative estimate of drug-likeness (QED) is 0.653. The molecular weight excluding hydrogens is 232 g/mol. The number of aryl methyl sites for hydroxylation is 1. The second-order valence-corrected chi connectivity index (χ2v) is 4.38. The Morgan fingerprint density at radius 3 is 3.00 bits per heavy atom. The Morgan fingerprint density at radius 2 is 2.39 bits per heavy atom. The molecule has 1 rings (SSSR count). The normalized spacial score (nSPS) is 12.1. The summed E-state index contributed by atoms with van der Waals surface area (Å²) in [4.78, 5) is 21.0. The molecular formula is C13H20N2O3. The molecule has 100 valence electrons. The van der Waals surface area contributed by atoms with Crippen molar-refractivity contribution in [2.75, 3.05) is 0 Å². The van der Waals surface area contributed by atoms with Gasteiger partial charge in [-0.05, 0) is 30.9 Å². The molecule has 0 aromatic carbocycles. The highest BCUT2D eigenvalue weighted by molar-refractivity contribution is 5.66. The van der Waals surface area contributed by atoms with Crippen molar-refractivity contribution < 1.29 is 14.7 Å². The van der Waals surface area contributed by atoms with Crippen molar-refractivity contribution in [1.29, 1.82) is 0 Å². The van der Waals surface area contributed by atoms with E-state index in [9.17, 15) is 9.59 Å². The highest BCUT2D eigenvalue weighted by Crippen LogP contribution is 2.09. The molecule has 0 aliphatic carbocycles. The van der Waals surface area contributed by atoms with Crippen LogP contribution in [0.3, 0.4) is 0 Å². The lowest BCUT2D eigenvalue weighted by atomic mass is 10.0. The van der Waals surface area contributed by atoms with Crippen LogP contribution in [0.5, 0.6) is 0 Å². The van der Waals surface area contributed by atoms with Gasteiger partial charge in [-0.2, -0.15) is 0 Å². The minimum atomic E-state index is -0.837. The maximum atomic E-state index is 10.5. The minimum Gasteiger partial charge on any atom is -0.481 e. The maximum absolute atomic E-state index is 10.5. The van der Waals surface area contributed by atoms with Crippen molar-refractivity contribution in [2.45, 2.75) is 45.2 Å². The number of carbonyl (C=O) groups is 2. The third kappa shape index (κ3) is 5.03. The van der Waals surface area contributed by atoms with E-state index in [0.717, 1.165) is 18.5 Å². The fourth-order valence-electron chi connectivity index (χ4n) is 1.93. The lowest BCUT2D eigenvalue weighted by molar-refractivity contribution is -0.137. The largest absolute Gasteiger partial charge is 0.481 e. The van der Waals surface area contributed by atoms with Crippen LogP contribution in [-0.4, -0.2) is 28.1 Å². The highest BCUT2D eigenvalue weighted by atomic mass is 16.4. The van der Waals surface area contributed by atoms with Gasteiger partial charge in [0.05, 0.1) is 0 Å². The summed E-state index contributed by atoms with van der Waals surface area (Å²) in [6.45, 7) is 3.09. The van der Waals surface area contributed by atoms with Gasteiger partial charge in [0, 0.05) is 31.4 Å². The van der Waals surface area contributed by atoms with E-state index in [4.69, 9.17) is 5.11 Å². The van der Waals surface area contributed by atoms with E-state index >= 15 is 0 Å². The van der Waals surface area contributed by atoms with Gasteiger partial charge in [-0.1, -0.05) is 6.92 Å². The summed E-state index contributed by atoms with van der Waals surface area (Å²) in [6, 6.07) is 1.90. The van der Waals surface area contributed by atoms with Crippen molar-refractivity contribution in [3.63, 3.8) is 0 Å². The van der Waals surface area contributed by atoms with Gasteiger partial charge in [0.25, 0.3) is 0 Å². The van der Waals surface area contributed by atoms with Crippen LogP contribution in [0.1, 0.15) is 31.7 Å². The number of amides is 1. The number of hydrogen-bond donors (Lipinski definition) is 2. The summed E-state index contributed by atoms with van der Waals surface area (Å²) in [5.74, 6) is -0.837. The second kappa shape index (κ2) is 7.53. The molecule has 1 aromatic heterocycles. The van der Waals surface area contributed by atoms with Crippen LogP contribution in [0.2, 0.25) is 0 Å². The molecule has 5 nitrogen and oxygen atoms in total. The van der Waals surface area contributed by atoms with E-state index in [2.05, 4.69) is 16.8 Å². The van der Waals surface area contributed by atoms with E-state index in [1.165, 1.54) is 0 Å². The minimum absolute atomic E-state index is 0.0706. The summed E-state index contributed by atoms with van der Waals surface area (Å²) in [5.41, 5.74) is 1.12. The summed E-state index contributed by atoms with van der Waals surface area (Å²) >= 11 is 0. The molecule has 0 aliphatic heterocycles. The molecule has 0 aliphatic rings. The molecule has 0 fully saturated rings. The summed E-state index contributed by atoms with van der Waals surface area (Å²) in [5, 5.41) is 11.3. The lowest BCUT2D eigenvalue weighted by Gasteiger charge is -2.13. The number of rotatable bonds is 9. The Morgan fingerprint density at radius 1 is 1.61 bits per heavy atom. The predicted molar refractivity (Wildman–Crippen MR) is 68.3 cm³/mol. The van der Waals surface area contributed by atoms with Crippen molar-refractivity contribution >= 4 is 12.4 Å². The molecule has 2 N–H and O–H groups in total. The predicted octanol–water partition coefficient (Wildman–Crippen LogP) is 1.42. The molecule has 0 bridgehead atoms. The van der Waals surface area contributed by atoms with E-state index in [0.29, 0.717) is 19.3 Å². The molecule has 0 radical (unpaired) electrons. The van der Waals surface area contributed by atoms with Crippen molar-refractivity contribution in [3.8, 4) is 0 Å². The van der Waals surface area contributed by atoms with Crippen LogP contribution in [0.25, 0.3) is 0 Å².